The molecule has 1 amide bonds. The molecule has 3 aromatic rings. The van der Waals surface area contributed by atoms with E-state index in [9.17, 15) is 18.0 Å². The second kappa shape index (κ2) is 8.30. The van der Waals surface area contributed by atoms with E-state index in [-0.39, 0.29) is 17.9 Å². The zero-order chi connectivity index (χ0) is 22.2. The van der Waals surface area contributed by atoms with Crippen molar-refractivity contribution in [3.8, 4) is 0 Å². The van der Waals surface area contributed by atoms with Crippen molar-refractivity contribution in [1.82, 2.24) is 24.8 Å². The van der Waals surface area contributed by atoms with E-state index in [0.717, 1.165) is 37.1 Å². The number of carbonyl (C=O) groups excluding carboxylic acids is 1. The van der Waals surface area contributed by atoms with Gasteiger partial charge >= 0.3 is 6.18 Å². The molecule has 31 heavy (non-hydrogen) atoms. The average Bonchev–Trinajstić information content (AvgIpc) is 3.07. The number of hydrogen-bond acceptors (Lipinski definition) is 4. The molecule has 1 saturated heterocycles. The van der Waals surface area contributed by atoms with Crippen LogP contribution in [0.25, 0.3) is 5.65 Å². The Hall–Kier alpha value is -2.94. The lowest BCUT2D eigenvalue weighted by atomic mass is 9.84. The highest BCUT2D eigenvalue weighted by Gasteiger charge is 2.33. The largest absolute Gasteiger partial charge is 0.416 e. The summed E-state index contributed by atoms with van der Waals surface area (Å²) in [4.78, 5) is 19.3. The standard InChI is InChI=1S/C22H24F3N5O/c1-14-18(20-26-10-4-12-30(20)28-14)21(31)27-13-16-5-3-11-29(2)19(16)15-6-8-17(9-7-15)22(23,24)25/h4,6-10,12,16,19H,3,5,11,13H2,1-2H3,(H,27,31). The maximum Gasteiger partial charge on any atom is 0.416 e. The second-order valence-electron chi connectivity index (χ2n) is 8.01. The number of benzene rings is 1. The van der Waals surface area contributed by atoms with Gasteiger partial charge in [-0.25, -0.2) is 9.50 Å². The molecular weight excluding hydrogens is 407 g/mol. The Bertz CT molecular complexity index is 1080. The van der Waals surface area contributed by atoms with Crippen LogP contribution in [-0.4, -0.2) is 45.5 Å². The van der Waals surface area contributed by atoms with Gasteiger partial charge in [0.25, 0.3) is 5.91 Å². The molecule has 1 fully saturated rings. The number of piperidine rings is 1. The first kappa shape index (κ1) is 21.3. The summed E-state index contributed by atoms with van der Waals surface area (Å²) in [6.45, 7) is 3.04. The molecule has 2 atom stereocenters. The molecule has 0 spiro atoms. The van der Waals surface area contributed by atoms with Gasteiger partial charge < -0.3 is 5.32 Å². The molecule has 9 heteroatoms. The third-order valence-electron chi connectivity index (χ3n) is 5.91. The fourth-order valence-electron chi connectivity index (χ4n) is 4.44. The zero-order valence-electron chi connectivity index (χ0n) is 17.4. The predicted molar refractivity (Wildman–Crippen MR) is 110 cm³/mol. The van der Waals surface area contributed by atoms with E-state index in [0.29, 0.717) is 23.4 Å². The molecule has 0 bridgehead atoms. The minimum Gasteiger partial charge on any atom is -0.352 e. The molecule has 3 heterocycles. The van der Waals surface area contributed by atoms with Gasteiger partial charge in [0, 0.05) is 25.0 Å². The Labute approximate surface area is 178 Å². The number of halogens is 3. The molecule has 1 N–H and O–H groups in total. The summed E-state index contributed by atoms with van der Waals surface area (Å²) in [5.41, 5.74) is 1.70. The third-order valence-corrected chi connectivity index (χ3v) is 5.91. The highest BCUT2D eigenvalue weighted by atomic mass is 19.4. The molecule has 164 valence electrons. The van der Waals surface area contributed by atoms with Crippen LogP contribution in [0, 0.1) is 12.8 Å². The summed E-state index contributed by atoms with van der Waals surface area (Å²) in [7, 11) is 1.97. The summed E-state index contributed by atoms with van der Waals surface area (Å²) < 4.78 is 40.4. The van der Waals surface area contributed by atoms with Crippen molar-refractivity contribution < 1.29 is 18.0 Å². The molecule has 2 unspecified atom stereocenters. The number of nitrogens with one attached hydrogen (secondary N) is 1. The number of rotatable bonds is 4. The van der Waals surface area contributed by atoms with Crippen LogP contribution in [0.15, 0.2) is 42.7 Å². The van der Waals surface area contributed by atoms with Gasteiger partial charge in [-0.1, -0.05) is 12.1 Å². The zero-order valence-corrected chi connectivity index (χ0v) is 17.4. The Morgan fingerprint density at radius 3 is 2.71 bits per heavy atom. The first-order valence-corrected chi connectivity index (χ1v) is 10.2. The summed E-state index contributed by atoms with van der Waals surface area (Å²) in [6.07, 6.45) is 0.839. The molecule has 4 rings (SSSR count). The van der Waals surface area contributed by atoms with Crippen molar-refractivity contribution in [2.24, 2.45) is 5.92 Å². The van der Waals surface area contributed by atoms with Crippen LogP contribution in [0.5, 0.6) is 0 Å². The van der Waals surface area contributed by atoms with Gasteiger partial charge in [0.15, 0.2) is 5.65 Å². The average molecular weight is 431 g/mol. The smallest absolute Gasteiger partial charge is 0.352 e. The number of carbonyl (C=O) groups is 1. The molecule has 1 aromatic carbocycles. The van der Waals surface area contributed by atoms with Crippen molar-refractivity contribution in [1.29, 1.82) is 0 Å². The number of amides is 1. The van der Waals surface area contributed by atoms with Gasteiger partial charge in [0.1, 0.15) is 5.56 Å². The number of likely N-dealkylation sites (tertiary alicyclic amines) is 1. The van der Waals surface area contributed by atoms with Crippen LogP contribution in [-0.2, 0) is 6.18 Å². The van der Waals surface area contributed by atoms with Gasteiger partial charge in [-0.3, -0.25) is 9.69 Å². The molecule has 0 aliphatic carbocycles. The highest BCUT2D eigenvalue weighted by Crippen LogP contribution is 2.36. The van der Waals surface area contributed by atoms with Crippen molar-refractivity contribution >= 4 is 11.6 Å². The van der Waals surface area contributed by atoms with Crippen molar-refractivity contribution in [3.05, 3.63) is 65.1 Å². The maximum atomic E-state index is 12.9. The number of nitrogens with zero attached hydrogens (tertiary/aromatic N) is 4. The van der Waals surface area contributed by atoms with E-state index < -0.39 is 11.7 Å². The number of aromatic nitrogens is 3. The highest BCUT2D eigenvalue weighted by molar-refractivity contribution is 6.00. The van der Waals surface area contributed by atoms with Gasteiger partial charge in [0.05, 0.1) is 11.3 Å². The van der Waals surface area contributed by atoms with Gasteiger partial charge in [-0.2, -0.15) is 18.3 Å². The molecular formula is C22H24F3N5O. The fourth-order valence-corrected chi connectivity index (χ4v) is 4.44. The molecule has 6 nitrogen and oxygen atoms in total. The minimum absolute atomic E-state index is 0.0699. The summed E-state index contributed by atoms with van der Waals surface area (Å²) in [5, 5.41) is 7.33. The van der Waals surface area contributed by atoms with E-state index in [1.807, 2.05) is 7.05 Å². The van der Waals surface area contributed by atoms with Crippen molar-refractivity contribution in [3.63, 3.8) is 0 Å². The molecule has 0 radical (unpaired) electrons. The number of aryl methyl sites for hydroxylation is 1. The fraction of sp³-hybridized carbons (Fsp3) is 0.409. The van der Waals surface area contributed by atoms with Crippen LogP contribution in [0.3, 0.4) is 0 Å². The SMILES string of the molecule is Cc1nn2cccnc2c1C(=O)NCC1CCCN(C)C1c1ccc(C(F)(F)F)cc1. The molecule has 1 aliphatic heterocycles. The first-order chi connectivity index (χ1) is 14.8. The quantitative estimate of drug-likeness (QED) is 0.681. The van der Waals surface area contributed by atoms with Crippen LogP contribution in [0.2, 0.25) is 0 Å². The monoisotopic (exact) mass is 431 g/mol. The maximum absolute atomic E-state index is 12.9. The topological polar surface area (TPSA) is 62.5 Å². The predicted octanol–water partition coefficient (Wildman–Crippen LogP) is 3.87. The summed E-state index contributed by atoms with van der Waals surface area (Å²) in [6, 6.07) is 7.02. The van der Waals surface area contributed by atoms with E-state index in [1.54, 1.807) is 42.0 Å². The number of fused-ring (bicyclic) bond motifs is 1. The Balaban J connectivity index is 1.52. The Morgan fingerprint density at radius 1 is 1.26 bits per heavy atom. The second-order valence-corrected chi connectivity index (χ2v) is 8.01. The Morgan fingerprint density at radius 2 is 2.00 bits per heavy atom. The Kier molecular flexibility index (Phi) is 5.70. The van der Waals surface area contributed by atoms with Gasteiger partial charge in [-0.15, -0.1) is 0 Å². The van der Waals surface area contributed by atoms with E-state index >= 15 is 0 Å². The number of alkyl halides is 3. The van der Waals surface area contributed by atoms with Crippen LogP contribution in [0.4, 0.5) is 13.2 Å². The molecule has 2 aromatic heterocycles. The minimum atomic E-state index is -4.36. The van der Waals surface area contributed by atoms with Gasteiger partial charge in [0.2, 0.25) is 0 Å². The van der Waals surface area contributed by atoms with E-state index in [1.165, 1.54) is 0 Å². The van der Waals surface area contributed by atoms with E-state index in [4.69, 9.17) is 0 Å². The van der Waals surface area contributed by atoms with Crippen molar-refractivity contribution in [2.45, 2.75) is 32.0 Å². The van der Waals surface area contributed by atoms with Gasteiger partial charge in [-0.05, 0) is 63.0 Å². The van der Waals surface area contributed by atoms with Crippen LogP contribution in [0.1, 0.15) is 46.1 Å². The lowest BCUT2D eigenvalue weighted by molar-refractivity contribution is -0.137. The van der Waals surface area contributed by atoms with Crippen molar-refractivity contribution in [2.75, 3.05) is 20.1 Å². The molecule has 1 aliphatic rings. The first-order valence-electron chi connectivity index (χ1n) is 10.2. The number of hydrogen-bond donors (Lipinski definition) is 1. The van der Waals surface area contributed by atoms with Crippen LogP contribution >= 0.6 is 0 Å². The third kappa shape index (κ3) is 4.27. The normalized spacial score (nSPS) is 20.2. The lowest BCUT2D eigenvalue weighted by Crippen LogP contribution is -2.41. The summed E-state index contributed by atoms with van der Waals surface area (Å²) >= 11 is 0. The van der Waals surface area contributed by atoms with E-state index in [2.05, 4.69) is 20.3 Å². The molecule has 0 saturated carbocycles. The summed E-state index contributed by atoms with van der Waals surface area (Å²) in [5.74, 6) is -0.167. The lowest BCUT2D eigenvalue weighted by Gasteiger charge is -2.39. The van der Waals surface area contributed by atoms with Crippen LogP contribution < -0.4 is 5.32 Å².